The lowest BCUT2D eigenvalue weighted by atomic mass is 9.81. The van der Waals surface area contributed by atoms with Gasteiger partial charge in [0.1, 0.15) is 0 Å². The van der Waals surface area contributed by atoms with Gasteiger partial charge in [-0.2, -0.15) is 0 Å². The largest absolute Gasteiger partial charge is 0.264 e. The fourth-order valence-corrected chi connectivity index (χ4v) is 9.25. The van der Waals surface area contributed by atoms with Crippen LogP contribution < -0.4 is 0 Å². The Morgan fingerprint density at radius 1 is 0.373 bits per heavy atom. The van der Waals surface area contributed by atoms with E-state index in [4.69, 9.17) is 9.97 Å². The summed E-state index contributed by atoms with van der Waals surface area (Å²) in [6.07, 6.45) is 3.70. The molecule has 0 N–H and O–H groups in total. The highest BCUT2D eigenvalue weighted by molar-refractivity contribution is 6.08. The maximum Gasteiger partial charge on any atom is 0.161 e. The Morgan fingerprint density at radius 3 is 1.76 bits per heavy atom. The molecule has 2 heterocycles. The van der Waals surface area contributed by atoms with E-state index in [-0.39, 0.29) is 5.41 Å². The lowest BCUT2D eigenvalue weighted by Gasteiger charge is -2.21. The van der Waals surface area contributed by atoms with Gasteiger partial charge in [-0.25, -0.2) is 9.97 Å². The predicted octanol–water partition coefficient (Wildman–Crippen LogP) is 14.5. The van der Waals surface area contributed by atoms with Crippen molar-refractivity contribution >= 4 is 21.5 Å². The van der Waals surface area contributed by atoms with E-state index < -0.39 is 0 Å². The number of hydrogen-bond donors (Lipinski definition) is 0. The number of fused-ring (bicyclic) bond motifs is 6. The van der Waals surface area contributed by atoms with Crippen molar-refractivity contribution in [1.82, 2.24) is 15.0 Å². The van der Waals surface area contributed by atoms with Gasteiger partial charge >= 0.3 is 0 Å². The number of rotatable bonds is 6. The lowest BCUT2D eigenvalue weighted by molar-refractivity contribution is 0.661. The van der Waals surface area contributed by atoms with Crippen LogP contribution in [0.25, 0.3) is 100.0 Å². The van der Waals surface area contributed by atoms with Crippen LogP contribution in [0.5, 0.6) is 0 Å². The zero-order chi connectivity index (χ0) is 39.5. The summed E-state index contributed by atoms with van der Waals surface area (Å²) in [7, 11) is 0. The van der Waals surface area contributed by atoms with Gasteiger partial charge in [-0.05, 0) is 102 Å². The minimum absolute atomic E-state index is 0.101. The first kappa shape index (κ1) is 34.7. The average molecular weight is 754 g/mol. The molecule has 3 nitrogen and oxygen atoms in total. The van der Waals surface area contributed by atoms with Gasteiger partial charge in [0.05, 0.1) is 11.4 Å². The SMILES string of the molecule is CC1(C)c2cccc(-c3cccc(-c4ccc(-c5nc(-c6ccccc6)cc(-c6cccc(-c7cccnc7)c6)n5)c5ccccc45)c3)c2-c2c1ccc1ccccc21. The van der Waals surface area contributed by atoms with Crippen LogP contribution in [-0.2, 0) is 5.41 Å². The molecule has 0 atom stereocenters. The zero-order valence-corrected chi connectivity index (χ0v) is 32.9. The first-order valence-electron chi connectivity index (χ1n) is 20.3. The van der Waals surface area contributed by atoms with Crippen molar-refractivity contribution in [2.45, 2.75) is 19.3 Å². The molecule has 0 aliphatic heterocycles. The molecule has 0 radical (unpaired) electrons. The fourth-order valence-electron chi connectivity index (χ4n) is 9.25. The molecule has 0 fully saturated rings. The van der Waals surface area contributed by atoms with Gasteiger partial charge in [0.25, 0.3) is 0 Å². The van der Waals surface area contributed by atoms with Crippen molar-refractivity contribution in [3.05, 3.63) is 212 Å². The molecule has 8 aromatic carbocycles. The van der Waals surface area contributed by atoms with E-state index in [2.05, 4.69) is 195 Å². The summed E-state index contributed by atoms with van der Waals surface area (Å²) in [6, 6.07) is 67.5. The van der Waals surface area contributed by atoms with Gasteiger partial charge in [0, 0.05) is 40.1 Å². The van der Waals surface area contributed by atoms with Crippen LogP contribution in [0.2, 0.25) is 0 Å². The number of nitrogens with zero attached hydrogens (tertiary/aromatic N) is 3. The van der Waals surface area contributed by atoms with Crippen LogP contribution in [0.3, 0.4) is 0 Å². The van der Waals surface area contributed by atoms with Gasteiger partial charge < -0.3 is 0 Å². The van der Waals surface area contributed by atoms with Gasteiger partial charge in [-0.15, -0.1) is 0 Å². The predicted molar refractivity (Wildman–Crippen MR) is 245 cm³/mol. The minimum atomic E-state index is -0.101. The monoisotopic (exact) mass is 753 g/mol. The summed E-state index contributed by atoms with van der Waals surface area (Å²) < 4.78 is 0. The van der Waals surface area contributed by atoms with E-state index in [0.29, 0.717) is 5.82 Å². The Bertz CT molecular complexity index is 3240. The van der Waals surface area contributed by atoms with Crippen molar-refractivity contribution in [2.24, 2.45) is 0 Å². The Kier molecular flexibility index (Phi) is 8.16. The first-order chi connectivity index (χ1) is 29.0. The highest BCUT2D eigenvalue weighted by atomic mass is 14.9. The third kappa shape index (κ3) is 5.85. The normalized spacial score (nSPS) is 12.7. The van der Waals surface area contributed by atoms with E-state index in [1.54, 1.807) is 6.20 Å². The maximum atomic E-state index is 5.30. The summed E-state index contributed by atoms with van der Waals surface area (Å²) in [5, 5.41) is 4.85. The Morgan fingerprint density at radius 2 is 0.966 bits per heavy atom. The van der Waals surface area contributed by atoms with Crippen molar-refractivity contribution in [2.75, 3.05) is 0 Å². The van der Waals surface area contributed by atoms with Gasteiger partial charge in [-0.1, -0.05) is 172 Å². The molecule has 59 heavy (non-hydrogen) atoms. The van der Waals surface area contributed by atoms with Crippen molar-refractivity contribution in [1.29, 1.82) is 0 Å². The summed E-state index contributed by atoms with van der Waals surface area (Å²) in [4.78, 5) is 14.9. The molecule has 0 bridgehead atoms. The highest BCUT2D eigenvalue weighted by Crippen LogP contribution is 2.54. The van der Waals surface area contributed by atoms with Crippen molar-refractivity contribution < 1.29 is 0 Å². The molecule has 11 rings (SSSR count). The second-order valence-corrected chi connectivity index (χ2v) is 16.0. The molecule has 3 heteroatoms. The van der Waals surface area contributed by atoms with Crippen LogP contribution in [0.1, 0.15) is 25.0 Å². The van der Waals surface area contributed by atoms with Crippen LogP contribution in [0.15, 0.2) is 200 Å². The van der Waals surface area contributed by atoms with E-state index >= 15 is 0 Å². The van der Waals surface area contributed by atoms with Crippen LogP contribution in [0.4, 0.5) is 0 Å². The molecular formula is C56H39N3. The topological polar surface area (TPSA) is 38.7 Å². The van der Waals surface area contributed by atoms with Crippen LogP contribution in [0, 0.1) is 0 Å². The molecule has 0 spiro atoms. The summed E-state index contributed by atoms with van der Waals surface area (Å²) in [5.74, 6) is 0.693. The molecule has 0 unspecified atom stereocenters. The smallest absolute Gasteiger partial charge is 0.161 e. The Balaban J connectivity index is 1.05. The molecule has 1 aliphatic rings. The first-order valence-corrected chi connectivity index (χ1v) is 20.3. The molecule has 0 amide bonds. The second-order valence-electron chi connectivity index (χ2n) is 16.0. The second kappa shape index (κ2) is 13.9. The quantitative estimate of drug-likeness (QED) is 0.170. The highest BCUT2D eigenvalue weighted by Gasteiger charge is 2.37. The summed E-state index contributed by atoms with van der Waals surface area (Å²) >= 11 is 0. The minimum Gasteiger partial charge on any atom is -0.264 e. The van der Waals surface area contributed by atoms with E-state index in [1.165, 1.54) is 55.3 Å². The number of pyridine rings is 1. The Labute approximate surface area is 344 Å². The fraction of sp³-hybridized carbons (Fsp3) is 0.0536. The van der Waals surface area contributed by atoms with E-state index in [0.717, 1.165) is 50.0 Å². The third-order valence-electron chi connectivity index (χ3n) is 12.2. The van der Waals surface area contributed by atoms with E-state index in [9.17, 15) is 0 Å². The van der Waals surface area contributed by atoms with E-state index in [1.807, 2.05) is 18.3 Å². The summed E-state index contributed by atoms with van der Waals surface area (Å²) in [6.45, 7) is 4.73. The molecular weight excluding hydrogens is 715 g/mol. The molecule has 1 aliphatic carbocycles. The van der Waals surface area contributed by atoms with Crippen molar-refractivity contribution in [3.8, 4) is 78.4 Å². The number of benzene rings is 8. The number of hydrogen-bond acceptors (Lipinski definition) is 3. The maximum absolute atomic E-state index is 5.30. The molecule has 0 saturated heterocycles. The average Bonchev–Trinajstić information content (AvgIpc) is 3.55. The van der Waals surface area contributed by atoms with Crippen LogP contribution in [-0.4, -0.2) is 15.0 Å². The standard InChI is InChI=1S/C56H39N3/c1-56(2)49-26-12-25-45(54(49)53-44-22-7-6-14-36(44)27-30-50(53)56)40-19-11-18-39(33-40)43-28-29-48(47-24-9-8-23-46(43)47)55-58-51(37-15-4-3-5-16-37)34-52(59-55)41-20-10-17-38(32-41)42-21-13-31-57-35-42/h3-35H,1-2H3. The Hall–Kier alpha value is -7.49. The zero-order valence-electron chi connectivity index (χ0n) is 32.9. The molecule has 278 valence electrons. The van der Waals surface area contributed by atoms with Gasteiger partial charge in [0.2, 0.25) is 0 Å². The number of aromatic nitrogens is 3. The van der Waals surface area contributed by atoms with Gasteiger partial charge in [0.15, 0.2) is 5.82 Å². The van der Waals surface area contributed by atoms with Gasteiger partial charge in [-0.3, -0.25) is 4.98 Å². The lowest BCUT2D eigenvalue weighted by Crippen LogP contribution is -2.14. The molecule has 10 aromatic rings. The molecule has 2 aromatic heterocycles. The van der Waals surface area contributed by atoms with Crippen molar-refractivity contribution in [3.63, 3.8) is 0 Å². The summed E-state index contributed by atoms with van der Waals surface area (Å²) in [5.41, 5.74) is 17.2. The molecule has 0 saturated carbocycles. The van der Waals surface area contributed by atoms with Crippen LogP contribution >= 0.6 is 0 Å². The third-order valence-corrected chi connectivity index (χ3v) is 12.2.